The lowest BCUT2D eigenvalue weighted by Gasteiger charge is -2.39. The van der Waals surface area contributed by atoms with Crippen molar-refractivity contribution >= 4 is 67.3 Å². The van der Waals surface area contributed by atoms with Gasteiger partial charge < -0.3 is 19.5 Å². The molecule has 1 atom stereocenters. The fourth-order valence-electron chi connectivity index (χ4n) is 9.65. The number of H-pyrrole nitrogens is 1. The van der Waals surface area contributed by atoms with Crippen LogP contribution in [0.2, 0.25) is 5.02 Å². The van der Waals surface area contributed by atoms with Crippen molar-refractivity contribution in [3.05, 3.63) is 117 Å². The van der Waals surface area contributed by atoms with Gasteiger partial charge >= 0.3 is 0 Å². The molecule has 5 heterocycles. The quantitative estimate of drug-likeness (QED) is 0.0909. The van der Waals surface area contributed by atoms with Gasteiger partial charge in [-0.2, -0.15) is 0 Å². The third kappa shape index (κ3) is 9.98. The monoisotopic (exact) mass is 923 g/mol. The molecule has 2 fully saturated rings. The van der Waals surface area contributed by atoms with Gasteiger partial charge in [0.2, 0.25) is 0 Å². The van der Waals surface area contributed by atoms with Crippen LogP contribution in [-0.4, -0.2) is 97.1 Å². The minimum absolute atomic E-state index is 0.00981. The first-order valence-corrected chi connectivity index (χ1v) is 25.0. The average molecular weight is 925 g/mol. The van der Waals surface area contributed by atoms with Crippen molar-refractivity contribution in [1.82, 2.24) is 24.5 Å². The first kappa shape index (κ1) is 44.3. The molecule has 1 aliphatic carbocycles. The van der Waals surface area contributed by atoms with E-state index < -0.39 is 20.9 Å². The molecule has 0 bridgehead atoms. The van der Waals surface area contributed by atoms with Gasteiger partial charge in [0, 0.05) is 89.9 Å². The lowest BCUT2D eigenvalue weighted by Crippen LogP contribution is -2.47. The number of ether oxygens (including phenoxy) is 1. The van der Waals surface area contributed by atoms with Crippen LogP contribution in [0.4, 0.5) is 11.4 Å². The Bertz CT molecular complexity index is 2710. The molecule has 2 aromatic heterocycles. The first-order valence-electron chi connectivity index (χ1n) is 22.2. The largest absolute Gasteiger partial charge is 0.455 e. The molecular weight excluding hydrogens is 870 g/mol. The lowest BCUT2D eigenvalue weighted by molar-refractivity contribution is -0.386. The van der Waals surface area contributed by atoms with Crippen molar-refractivity contribution in [1.29, 1.82) is 0 Å². The number of anilines is 1. The van der Waals surface area contributed by atoms with Crippen molar-refractivity contribution in [3.63, 3.8) is 0 Å². The standard InChI is InChI=1S/C48H54ClN7O6S2/c1-48(2)14-12-35(42(27-48)33-6-8-36(49)9-7-33)30-54-18-20-55(21-19-54)37-10-11-40(44(24-37)62-38-23-34-13-15-50-46(34)51-28-38)47(57)52-64(60,61)39-25-43(56(58)59)41-22-32(31-63-45(41)26-39)29-53-16-4-3-5-17-53/h6-11,13,15,23-26,28,32H,3-5,12,14,16-22,27,29-31H2,1-2H3,(H,50,51)(H,52,57)/t32-/m0/s1. The number of rotatable bonds is 12. The Balaban J connectivity index is 0.938. The predicted molar refractivity (Wildman–Crippen MR) is 253 cm³/mol. The summed E-state index contributed by atoms with van der Waals surface area (Å²) < 4.78 is 36.5. The maximum atomic E-state index is 14.1. The fraction of sp³-hybridized carbons (Fsp3) is 0.417. The summed E-state index contributed by atoms with van der Waals surface area (Å²) in [6.45, 7) is 11.6. The lowest BCUT2D eigenvalue weighted by atomic mass is 9.72. The van der Waals surface area contributed by atoms with Gasteiger partial charge in [-0.15, -0.1) is 11.8 Å². The number of aromatic amines is 1. The second kappa shape index (κ2) is 18.5. The van der Waals surface area contributed by atoms with E-state index in [2.05, 4.69) is 55.4 Å². The number of aromatic nitrogens is 2. The Kier molecular flexibility index (Phi) is 12.8. The Morgan fingerprint density at radius 1 is 1.00 bits per heavy atom. The molecule has 4 aliphatic rings. The molecule has 0 saturated carbocycles. The Labute approximate surface area is 383 Å². The highest BCUT2D eigenvalue weighted by atomic mass is 35.5. The molecule has 0 radical (unpaired) electrons. The number of piperidine rings is 1. The highest BCUT2D eigenvalue weighted by molar-refractivity contribution is 7.99. The smallest absolute Gasteiger partial charge is 0.275 e. The Hall–Kier alpha value is -4.93. The van der Waals surface area contributed by atoms with Crippen molar-refractivity contribution in [3.8, 4) is 11.5 Å². The van der Waals surface area contributed by atoms with Crippen LogP contribution < -0.4 is 14.4 Å². The molecule has 3 aliphatic heterocycles. The van der Waals surface area contributed by atoms with Crippen LogP contribution in [0.15, 0.2) is 94.5 Å². The number of halogens is 1. The number of amides is 1. The van der Waals surface area contributed by atoms with Crippen molar-refractivity contribution in [2.45, 2.75) is 68.6 Å². The molecule has 0 spiro atoms. The van der Waals surface area contributed by atoms with Crippen molar-refractivity contribution in [2.24, 2.45) is 11.3 Å². The number of likely N-dealkylation sites (tertiary alicyclic amines) is 1. The van der Waals surface area contributed by atoms with E-state index in [0.29, 0.717) is 28.3 Å². The van der Waals surface area contributed by atoms with E-state index in [1.807, 2.05) is 24.3 Å². The molecule has 3 aromatic carbocycles. The third-order valence-electron chi connectivity index (χ3n) is 13.2. The average Bonchev–Trinajstić information content (AvgIpc) is 3.75. The predicted octanol–water partition coefficient (Wildman–Crippen LogP) is 9.57. The number of nitrogens with one attached hydrogen (secondary N) is 2. The third-order valence-corrected chi connectivity index (χ3v) is 16.0. The molecule has 9 rings (SSSR count). The van der Waals surface area contributed by atoms with Crippen LogP contribution in [0.5, 0.6) is 11.5 Å². The number of benzene rings is 3. The van der Waals surface area contributed by atoms with E-state index in [4.69, 9.17) is 16.3 Å². The van der Waals surface area contributed by atoms with E-state index in [0.717, 1.165) is 112 Å². The molecule has 2 saturated heterocycles. The van der Waals surface area contributed by atoms with E-state index in [1.165, 1.54) is 41.0 Å². The number of pyridine rings is 1. The molecule has 2 N–H and O–H groups in total. The van der Waals surface area contributed by atoms with Crippen molar-refractivity contribution < 1.29 is 22.9 Å². The van der Waals surface area contributed by atoms with Gasteiger partial charge in [-0.3, -0.25) is 19.8 Å². The second-order valence-electron chi connectivity index (χ2n) is 18.4. The second-order valence-corrected chi connectivity index (χ2v) is 21.6. The number of carbonyl (C=O) groups is 1. The van der Waals surface area contributed by atoms with Crippen LogP contribution in [0, 0.1) is 21.4 Å². The number of allylic oxidation sites excluding steroid dienone is 1. The summed E-state index contributed by atoms with van der Waals surface area (Å²) in [5, 5.41) is 13.9. The molecule has 0 unspecified atom stereocenters. The van der Waals surface area contributed by atoms with Crippen LogP contribution in [0.25, 0.3) is 16.6 Å². The molecule has 64 heavy (non-hydrogen) atoms. The van der Waals surface area contributed by atoms with Gasteiger partial charge in [-0.05, 0) is 117 Å². The van der Waals surface area contributed by atoms with Crippen LogP contribution in [0.3, 0.4) is 0 Å². The highest BCUT2D eigenvalue weighted by Gasteiger charge is 2.33. The normalized spacial score (nSPS) is 19.7. The number of nitrogens with zero attached hydrogens (tertiary/aromatic N) is 5. The number of thioether (sulfide) groups is 1. The van der Waals surface area contributed by atoms with E-state index >= 15 is 0 Å². The Morgan fingerprint density at radius 2 is 1.78 bits per heavy atom. The first-order chi connectivity index (χ1) is 30.8. The summed E-state index contributed by atoms with van der Waals surface area (Å²) in [5.74, 6) is 0.544. The summed E-state index contributed by atoms with van der Waals surface area (Å²) in [7, 11) is -4.55. The van der Waals surface area contributed by atoms with Crippen molar-refractivity contribution in [2.75, 3.05) is 63.0 Å². The fourth-order valence-corrected chi connectivity index (χ4v) is 12.1. The van der Waals surface area contributed by atoms with Crippen LogP contribution >= 0.6 is 23.4 Å². The van der Waals surface area contributed by atoms with E-state index in [9.17, 15) is 23.3 Å². The van der Waals surface area contributed by atoms with Crippen LogP contribution in [-0.2, 0) is 16.4 Å². The topological polar surface area (TPSA) is 154 Å². The minimum atomic E-state index is -4.55. The number of piperazine rings is 1. The number of hydrogen-bond acceptors (Lipinski definition) is 11. The number of nitro groups is 1. The summed E-state index contributed by atoms with van der Waals surface area (Å²) >= 11 is 7.69. The zero-order valence-electron chi connectivity index (χ0n) is 36.3. The highest BCUT2D eigenvalue weighted by Crippen LogP contribution is 2.44. The zero-order valence-corrected chi connectivity index (χ0v) is 38.7. The van der Waals surface area contributed by atoms with Gasteiger partial charge in [0.05, 0.1) is 21.6 Å². The van der Waals surface area contributed by atoms with Gasteiger partial charge in [-0.1, -0.05) is 49.6 Å². The zero-order chi connectivity index (χ0) is 44.6. The van der Waals surface area contributed by atoms with Gasteiger partial charge in [-0.25, -0.2) is 18.1 Å². The summed E-state index contributed by atoms with van der Waals surface area (Å²) in [6, 6.07) is 19.5. The number of carbonyl (C=O) groups excluding carboxylic acids is 1. The molecule has 1 amide bonds. The maximum absolute atomic E-state index is 14.1. The summed E-state index contributed by atoms with van der Waals surface area (Å²) in [5.41, 5.74) is 6.15. The van der Waals surface area contributed by atoms with Gasteiger partial charge in [0.25, 0.3) is 21.6 Å². The summed E-state index contributed by atoms with van der Waals surface area (Å²) in [6.07, 6.45) is 10.6. The molecule has 16 heteroatoms. The number of hydrogen-bond donors (Lipinski definition) is 2. The maximum Gasteiger partial charge on any atom is 0.275 e. The molecule has 5 aromatic rings. The molecular formula is C48H54ClN7O6S2. The number of fused-ring (bicyclic) bond motifs is 2. The van der Waals surface area contributed by atoms with Crippen LogP contribution in [0.1, 0.15) is 73.9 Å². The van der Waals surface area contributed by atoms with E-state index in [1.54, 1.807) is 30.6 Å². The molecule has 13 nitrogen and oxygen atoms in total. The molecule has 336 valence electrons. The van der Waals surface area contributed by atoms with Gasteiger partial charge in [0.1, 0.15) is 17.1 Å². The minimum Gasteiger partial charge on any atom is -0.455 e. The SMILES string of the molecule is CC1(C)CCC(CN2CCN(c3ccc(C(=O)NS(=O)(=O)c4cc5c(c([N+](=O)[O-])c4)C[C@@H](CN4CCCCC4)CS5)c(Oc4cnc5[nH]ccc5c4)c3)CC2)=C(c2ccc(Cl)cc2)C1. The number of nitro benzene ring substituents is 1. The number of sulfonamides is 1. The van der Waals surface area contributed by atoms with Gasteiger partial charge in [0.15, 0.2) is 0 Å². The van der Waals surface area contributed by atoms with E-state index in [-0.39, 0.29) is 33.2 Å². The Morgan fingerprint density at radius 3 is 2.55 bits per heavy atom. The summed E-state index contributed by atoms with van der Waals surface area (Å²) in [4.78, 5) is 40.9.